The van der Waals surface area contributed by atoms with Crippen molar-refractivity contribution in [2.45, 2.75) is 59.0 Å². The molecular weight excluding hydrogens is 433 g/mol. The number of thiazole rings is 1. The molecule has 0 saturated carbocycles. The molecule has 7 heteroatoms. The average molecular weight is 465 g/mol. The van der Waals surface area contributed by atoms with Crippen LogP contribution in [0.4, 0.5) is 0 Å². The van der Waals surface area contributed by atoms with Gasteiger partial charge < -0.3 is 10.6 Å². The molecule has 1 aromatic heterocycles. The van der Waals surface area contributed by atoms with Gasteiger partial charge in [-0.25, -0.2) is 4.98 Å². The smallest absolute Gasteiger partial charge is 0.191 e. The second kappa shape index (κ2) is 9.91. The third-order valence-corrected chi connectivity index (χ3v) is 5.61. The summed E-state index contributed by atoms with van der Waals surface area (Å²) in [4.78, 5) is 12.7. The van der Waals surface area contributed by atoms with Crippen LogP contribution in [0.5, 0.6) is 0 Å². The third kappa shape index (κ3) is 6.15. The van der Waals surface area contributed by atoms with E-state index in [4.69, 9.17) is 0 Å². The second-order valence-electron chi connectivity index (χ2n) is 6.88. The summed E-state index contributed by atoms with van der Waals surface area (Å²) in [6, 6.07) is 0. The molecular formula is C17H32IN5S. The summed E-state index contributed by atoms with van der Waals surface area (Å²) in [5.41, 5.74) is 1.26. The minimum Gasteiger partial charge on any atom is -0.355 e. The Bertz CT molecular complexity index is 535. The molecule has 1 saturated heterocycles. The number of rotatable bonds is 5. The number of aryl methyl sites for hydroxylation is 2. The maximum Gasteiger partial charge on any atom is 0.191 e. The van der Waals surface area contributed by atoms with Crippen molar-refractivity contribution in [3.05, 3.63) is 15.6 Å². The lowest BCUT2D eigenvalue weighted by molar-refractivity contribution is 0.0982. The number of nitrogens with one attached hydrogen (secondary N) is 2. The first-order valence-electron chi connectivity index (χ1n) is 8.55. The molecule has 0 aromatic carbocycles. The molecule has 0 atom stereocenters. The van der Waals surface area contributed by atoms with Gasteiger partial charge in [-0.15, -0.1) is 35.3 Å². The van der Waals surface area contributed by atoms with Crippen molar-refractivity contribution in [3.63, 3.8) is 0 Å². The molecule has 0 aliphatic carbocycles. The summed E-state index contributed by atoms with van der Waals surface area (Å²) in [5, 5.41) is 8.01. The highest BCUT2D eigenvalue weighted by molar-refractivity contribution is 14.0. The Hall–Kier alpha value is -0.410. The maximum atomic E-state index is 4.47. The van der Waals surface area contributed by atoms with Crippen LogP contribution >= 0.6 is 35.3 Å². The molecule has 2 rings (SSSR count). The van der Waals surface area contributed by atoms with E-state index >= 15 is 0 Å². The van der Waals surface area contributed by atoms with Gasteiger partial charge in [-0.1, -0.05) is 6.42 Å². The Morgan fingerprint density at radius 3 is 2.42 bits per heavy atom. The monoisotopic (exact) mass is 465 g/mol. The Kier molecular flexibility index (Phi) is 8.94. The van der Waals surface area contributed by atoms with Crippen molar-refractivity contribution in [3.8, 4) is 0 Å². The van der Waals surface area contributed by atoms with Crippen LogP contribution in [0, 0.1) is 13.8 Å². The van der Waals surface area contributed by atoms with Gasteiger partial charge in [0.25, 0.3) is 0 Å². The van der Waals surface area contributed by atoms with Gasteiger partial charge in [-0.05, 0) is 53.6 Å². The molecule has 2 N–H and O–H groups in total. The molecule has 0 amide bonds. The molecule has 5 nitrogen and oxygen atoms in total. The Morgan fingerprint density at radius 2 is 1.88 bits per heavy atom. The molecule has 1 aliphatic heterocycles. The lowest BCUT2D eigenvalue weighted by Gasteiger charge is -2.41. The summed E-state index contributed by atoms with van der Waals surface area (Å²) in [7, 11) is 1.83. The van der Waals surface area contributed by atoms with Crippen LogP contribution in [-0.4, -0.2) is 48.1 Å². The van der Waals surface area contributed by atoms with Gasteiger partial charge in [-0.3, -0.25) is 9.89 Å². The van der Waals surface area contributed by atoms with Gasteiger partial charge in [0.2, 0.25) is 0 Å². The molecule has 0 spiro atoms. The van der Waals surface area contributed by atoms with Crippen LogP contribution in [0.15, 0.2) is 4.99 Å². The summed E-state index contributed by atoms with van der Waals surface area (Å²) in [6.07, 6.45) is 4.01. The molecule has 0 unspecified atom stereocenters. The van der Waals surface area contributed by atoms with Crippen molar-refractivity contribution >= 4 is 41.3 Å². The van der Waals surface area contributed by atoms with Crippen LogP contribution in [0.3, 0.4) is 0 Å². The van der Waals surface area contributed by atoms with Crippen LogP contribution in [-0.2, 0) is 6.54 Å². The normalized spacial score (nSPS) is 16.6. The second-order valence-corrected chi connectivity index (χ2v) is 8.17. The summed E-state index contributed by atoms with van der Waals surface area (Å²) in [5.74, 6) is 0.862. The topological polar surface area (TPSA) is 52.6 Å². The van der Waals surface area contributed by atoms with Gasteiger partial charge in [0.05, 0.1) is 17.2 Å². The van der Waals surface area contributed by atoms with E-state index in [0.717, 1.165) is 29.8 Å². The van der Waals surface area contributed by atoms with Gasteiger partial charge in [0, 0.05) is 24.0 Å². The zero-order chi connectivity index (χ0) is 16.9. The predicted octanol–water partition coefficient (Wildman–Crippen LogP) is 3.31. The van der Waals surface area contributed by atoms with E-state index < -0.39 is 0 Å². The molecule has 0 radical (unpaired) electrons. The largest absolute Gasteiger partial charge is 0.355 e. The lowest BCUT2D eigenvalue weighted by atomic mass is 9.98. The molecule has 2 heterocycles. The molecule has 1 aliphatic rings. The standard InChI is InChI=1S/C17H31N5S.HI/c1-13-15(23-14(2)21-13)11-19-16(18-5)20-12-17(3,4)22-9-7-6-8-10-22;/h6-12H2,1-5H3,(H2,18,19,20);1H. The van der Waals surface area contributed by atoms with Gasteiger partial charge in [0.1, 0.15) is 0 Å². The Morgan fingerprint density at radius 1 is 1.21 bits per heavy atom. The number of piperidine rings is 1. The van der Waals surface area contributed by atoms with Crippen LogP contribution in [0.2, 0.25) is 0 Å². The van der Waals surface area contributed by atoms with Gasteiger partial charge in [0.15, 0.2) is 5.96 Å². The van der Waals surface area contributed by atoms with Crippen LogP contribution in [0.25, 0.3) is 0 Å². The van der Waals surface area contributed by atoms with E-state index in [2.05, 4.69) is 53.2 Å². The molecule has 0 bridgehead atoms. The lowest BCUT2D eigenvalue weighted by Crippen LogP contribution is -2.54. The van der Waals surface area contributed by atoms with E-state index in [0.29, 0.717) is 0 Å². The molecule has 1 aromatic rings. The highest BCUT2D eigenvalue weighted by Gasteiger charge is 2.27. The van der Waals surface area contributed by atoms with E-state index in [1.807, 2.05) is 7.05 Å². The number of halogens is 1. The van der Waals surface area contributed by atoms with Crippen LogP contribution < -0.4 is 10.6 Å². The third-order valence-electron chi connectivity index (χ3n) is 4.54. The van der Waals surface area contributed by atoms with Crippen molar-refractivity contribution < 1.29 is 0 Å². The first kappa shape index (κ1) is 21.6. The Labute approximate surface area is 167 Å². The Balaban J connectivity index is 0.00000288. The number of hydrogen-bond acceptors (Lipinski definition) is 4. The zero-order valence-corrected chi connectivity index (χ0v) is 18.8. The molecule has 1 fully saturated rings. The van der Waals surface area contributed by atoms with E-state index in [9.17, 15) is 0 Å². The van der Waals surface area contributed by atoms with Crippen molar-refractivity contribution in [1.29, 1.82) is 0 Å². The summed E-state index contributed by atoms with van der Waals surface area (Å²) < 4.78 is 0. The van der Waals surface area contributed by atoms with Crippen molar-refractivity contribution in [1.82, 2.24) is 20.5 Å². The zero-order valence-electron chi connectivity index (χ0n) is 15.6. The fraction of sp³-hybridized carbons (Fsp3) is 0.765. The van der Waals surface area contributed by atoms with E-state index in [1.54, 1.807) is 11.3 Å². The van der Waals surface area contributed by atoms with Crippen LogP contribution in [0.1, 0.15) is 48.7 Å². The number of likely N-dealkylation sites (tertiary alicyclic amines) is 1. The number of guanidine groups is 1. The van der Waals surface area contributed by atoms with Crippen molar-refractivity contribution in [2.24, 2.45) is 4.99 Å². The fourth-order valence-electron chi connectivity index (χ4n) is 3.03. The highest BCUT2D eigenvalue weighted by atomic mass is 127. The summed E-state index contributed by atoms with van der Waals surface area (Å²) in [6.45, 7) is 12.8. The van der Waals surface area contributed by atoms with Gasteiger partial charge in [-0.2, -0.15) is 0 Å². The number of hydrogen-bond donors (Lipinski definition) is 2. The number of aromatic nitrogens is 1. The number of aliphatic imine (C=N–C) groups is 1. The minimum absolute atomic E-state index is 0. The number of nitrogens with zero attached hydrogens (tertiary/aromatic N) is 3. The first-order valence-corrected chi connectivity index (χ1v) is 9.36. The predicted molar refractivity (Wildman–Crippen MR) is 115 cm³/mol. The van der Waals surface area contributed by atoms with Gasteiger partial charge >= 0.3 is 0 Å². The fourth-order valence-corrected chi connectivity index (χ4v) is 3.91. The highest BCUT2D eigenvalue weighted by Crippen LogP contribution is 2.20. The molecule has 138 valence electrons. The van der Waals surface area contributed by atoms with E-state index in [-0.39, 0.29) is 29.5 Å². The quantitative estimate of drug-likeness (QED) is 0.398. The van der Waals surface area contributed by atoms with Crippen molar-refractivity contribution in [2.75, 3.05) is 26.7 Å². The van der Waals surface area contributed by atoms with E-state index in [1.165, 1.54) is 37.2 Å². The first-order chi connectivity index (χ1) is 10.9. The average Bonchev–Trinajstić information content (AvgIpc) is 2.86. The summed E-state index contributed by atoms with van der Waals surface area (Å²) >= 11 is 1.75. The maximum absolute atomic E-state index is 4.47. The minimum atomic E-state index is 0. The molecule has 24 heavy (non-hydrogen) atoms. The SMILES string of the molecule is CN=C(NCc1sc(C)nc1C)NCC(C)(C)N1CCCCC1.I.